The van der Waals surface area contributed by atoms with E-state index in [2.05, 4.69) is 5.32 Å². The molecule has 0 saturated carbocycles. The van der Waals surface area contributed by atoms with Crippen molar-refractivity contribution in [3.8, 4) is 5.75 Å². The summed E-state index contributed by atoms with van der Waals surface area (Å²) < 4.78 is 51.1. The lowest BCUT2D eigenvalue weighted by Crippen LogP contribution is -2.35. The van der Waals surface area contributed by atoms with Gasteiger partial charge in [-0.15, -0.1) is 0 Å². The lowest BCUT2D eigenvalue weighted by Gasteiger charge is -2.24. The summed E-state index contributed by atoms with van der Waals surface area (Å²) >= 11 is 0. The Morgan fingerprint density at radius 2 is 2.00 bits per heavy atom. The minimum atomic E-state index is -3.88. The zero-order valence-corrected chi connectivity index (χ0v) is 20.7. The predicted octanol–water partition coefficient (Wildman–Crippen LogP) is 3.49. The Kier molecular flexibility index (Phi) is 7.70. The minimum Gasteiger partial charge on any atom is -0.483 e. The summed E-state index contributed by atoms with van der Waals surface area (Å²) in [5.74, 6) is -0.754. The highest BCUT2D eigenvalue weighted by Crippen LogP contribution is 2.37. The molecule has 186 valence electrons. The van der Waals surface area contributed by atoms with Crippen molar-refractivity contribution < 1.29 is 31.9 Å². The van der Waals surface area contributed by atoms with Gasteiger partial charge in [0.1, 0.15) is 17.2 Å². The average Bonchev–Trinajstić information content (AvgIpc) is 3.26. The molecule has 2 aliphatic rings. The number of carbonyl (C=O) groups excluding carboxylic acids is 2. The molecule has 2 unspecified atom stereocenters. The van der Waals surface area contributed by atoms with Gasteiger partial charge in [0, 0.05) is 32.5 Å². The van der Waals surface area contributed by atoms with Crippen LogP contribution in [-0.4, -0.2) is 62.9 Å². The molecule has 3 rings (SSSR count). The second kappa shape index (κ2) is 10.2. The lowest BCUT2D eigenvalue weighted by molar-refractivity contribution is -0.122. The number of amides is 2. The highest BCUT2D eigenvalue weighted by Gasteiger charge is 2.34. The highest BCUT2D eigenvalue weighted by atomic mass is 32.2. The maximum absolute atomic E-state index is 13.7. The molecule has 1 aromatic rings. The van der Waals surface area contributed by atoms with Crippen LogP contribution in [0, 0.1) is 0 Å². The Bertz CT molecular complexity index is 1110. The number of allylic oxidation sites excluding steroid dienone is 3. The normalized spacial score (nSPS) is 20.6. The highest BCUT2D eigenvalue weighted by molar-refractivity contribution is 7.92. The second-order valence-electron chi connectivity index (χ2n) is 9.36. The maximum atomic E-state index is 13.7. The molecule has 2 atom stereocenters. The number of likely N-dealkylation sites (tertiary alicyclic amines) is 1. The van der Waals surface area contributed by atoms with Crippen molar-refractivity contribution in [2.24, 2.45) is 0 Å². The molecule has 10 heteroatoms. The summed E-state index contributed by atoms with van der Waals surface area (Å²) in [4.78, 5) is 25.8. The van der Waals surface area contributed by atoms with Crippen LogP contribution in [0.4, 0.5) is 9.18 Å². The third kappa shape index (κ3) is 6.16. The summed E-state index contributed by atoms with van der Waals surface area (Å²) in [6.45, 7) is 5.95. The minimum absolute atomic E-state index is 0.0190. The van der Waals surface area contributed by atoms with E-state index in [1.54, 1.807) is 31.7 Å². The van der Waals surface area contributed by atoms with Gasteiger partial charge in [0.25, 0.3) is 5.91 Å². The van der Waals surface area contributed by atoms with E-state index in [0.717, 1.165) is 0 Å². The summed E-state index contributed by atoms with van der Waals surface area (Å²) in [5, 5.41) is 1.44. The van der Waals surface area contributed by atoms with Gasteiger partial charge in [0.15, 0.2) is 16.4 Å². The van der Waals surface area contributed by atoms with Crippen LogP contribution in [0.2, 0.25) is 0 Å². The number of rotatable bonds is 6. The molecule has 1 saturated heterocycles. The molecule has 2 amide bonds. The van der Waals surface area contributed by atoms with E-state index in [0.29, 0.717) is 25.1 Å². The molecule has 34 heavy (non-hydrogen) atoms. The van der Waals surface area contributed by atoms with Gasteiger partial charge in [-0.05, 0) is 51.0 Å². The molecule has 1 aliphatic carbocycles. The topological polar surface area (TPSA) is 102 Å². The predicted molar refractivity (Wildman–Crippen MR) is 125 cm³/mol. The average molecular weight is 495 g/mol. The van der Waals surface area contributed by atoms with E-state index in [-0.39, 0.29) is 35.5 Å². The number of nitrogens with zero attached hydrogens (tertiary/aromatic N) is 1. The van der Waals surface area contributed by atoms with Crippen LogP contribution in [0.25, 0.3) is 0 Å². The van der Waals surface area contributed by atoms with Gasteiger partial charge in [-0.25, -0.2) is 17.6 Å². The SMILES string of the molecule is CNC(=O)COc1cc(S(=O)(=O)C2C=CC=C(F)C2)ccc1C1CCN(C(=O)OC(C)(C)C)C1. The van der Waals surface area contributed by atoms with Gasteiger partial charge < -0.3 is 19.7 Å². The molecule has 1 heterocycles. The van der Waals surface area contributed by atoms with Crippen LogP contribution in [0.15, 0.2) is 47.1 Å². The summed E-state index contributed by atoms with van der Waals surface area (Å²) in [5.41, 5.74) is 0.0778. The summed E-state index contributed by atoms with van der Waals surface area (Å²) in [7, 11) is -2.41. The second-order valence-corrected chi connectivity index (χ2v) is 11.5. The van der Waals surface area contributed by atoms with Crippen molar-refractivity contribution >= 4 is 21.8 Å². The Morgan fingerprint density at radius 1 is 1.26 bits per heavy atom. The largest absolute Gasteiger partial charge is 0.483 e. The fourth-order valence-corrected chi connectivity index (χ4v) is 5.43. The van der Waals surface area contributed by atoms with Gasteiger partial charge in [0.05, 0.1) is 10.1 Å². The van der Waals surface area contributed by atoms with Crippen LogP contribution in [0.5, 0.6) is 5.75 Å². The van der Waals surface area contributed by atoms with Gasteiger partial charge in [-0.2, -0.15) is 0 Å². The Morgan fingerprint density at radius 3 is 2.65 bits per heavy atom. The van der Waals surface area contributed by atoms with E-state index < -0.39 is 32.6 Å². The number of ether oxygens (including phenoxy) is 2. The Hall–Kier alpha value is -2.88. The first-order valence-corrected chi connectivity index (χ1v) is 12.7. The van der Waals surface area contributed by atoms with Crippen LogP contribution < -0.4 is 10.1 Å². The smallest absolute Gasteiger partial charge is 0.410 e. The lowest BCUT2D eigenvalue weighted by atomic mass is 9.97. The first kappa shape index (κ1) is 25.7. The zero-order chi connectivity index (χ0) is 25.1. The molecule has 0 spiro atoms. The zero-order valence-electron chi connectivity index (χ0n) is 19.8. The maximum Gasteiger partial charge on any atom is 0.410 e. The first-order chi connectivity index (χ1) is 15.9. The number of hydrogen-bond donors (Lipinski definition) is 1. The number of carbonyl (C=O) groups is 2. The van der Waals surface area contributed by atoms with Crippen molar-refractivity contribution in [1.82, 2.24) is 10.2 Å². The molecule has 0 radical (unpaired) electrons. The van der Waals surface area contributed by atoms with Crippen molar-refractivity contribution in [2.75, 3.05) is 26.7 Å². The van der Waals surface area contributed by atoms with E-state index in [1.807, 2.05) is 0 Å². The van der Waals surface area contributed by atoms with E-state index >= 15 is 0 Å². The Labute approximate surface area is 199 Å². The number of benzene rings is 1. The Balaban J connectivity index is 1.87. The molecule has 1 N–H and O–H groups in total. The van der Waals surface area contributed by atoms with E-state index in [9.17, 15) is 22.4 Å². The molecule has 0 bridgehead atoms. The quantitative estimate of drug-likeness (QED) is 0.650. The van der Waals surface area contributed by atoms with Crippen LogP contribution in [-0.2, 0) is 19.4 Å². The van der Waals surface area contributed by atoms with Crippen LogP contribution >= 0.6 is 0 Å². The van der Waals surface area contributed by atoms with Crippen molar-refractivity contribution in [3.63, 3.8) is 0 Å². The summed E-state index contributed by atoms with van der Waals surface area (Å²) in [6, 6.07) is 4.50. The first-order valence-electron chi connectivity index (χ1n) is 11.1. The number of likely N-dealkylation sites (N-methyl/N-ethyl adjacent to an activating group) is 1. The number of sulfone groups is 1. The number of halogens is 1. The molecule has 0 aromatic heterocycles. The number of nitrogens with one attached hydrogen (secondary N) is 1. The van der Waals surface area contributed by atoms with E-state index in [4.69, 9.17) is 9.47 Å². The molecule has 1 aromatic carbocycles. The third-order valence-electron chi connectivity index (χ3n) is 5.63. The molecule has 1 aliphatic heterocycles. The molecule has 1 fully saturated rings. The van der Waals surface area contributed by atoms with Crippen LogP contribution in [0.1, 0.15) is 45.1 Å². The van der Waals surface area contributed by atoms with Gasteiger partial charge >= 0.3 is 6.09 Å². The van der Waals surface area contributed by atoms with Gasteiger partial charge in [0.2, 0.25) is 0 Å². The fraction of sp³-hybridized carbons (Fsp3) is 0.500. The standard InChI is InChI=1S/C24H31FN2O6S/c1-24(2,3)33-23(29)27-11-10-16(14-27)20-9-8-19(13-21(20)32-15-22(28)26-4)34(30,31)18-7-5-6-17(25)12-18/h5-9,13,16,18H,10-12,14-15H2,1-4H3,(H,26,28). The van der Waals surface area contributed by atoms with Crippen LogP contribution in [0.3, 0.4) is 0 Å². The van der Waals surface area contributed by atoms with Crippen molar-refractivity contribution in [2.45, 2.75) is 55.3 Å². The van der Waals surface area contributed by atoms with Crippen molar-refractivity contribution in [1.29, 1.82) is 0 Å². The monoisotopic (exact) mass is 494 g/mol. The molecular weight excluding hydrogens is 463 g/mol. The molecular formula is C24H31FN2O6S. The number of hydrogen-bond acceptors (Lipinski definition) is 6. The third-order valence-corrected chi connectivity index (χ3v) is 7.66. The van der Waals surface area contributed by atoms with Gasteiger partial charge in [-0.3, -0.25) is 4.79 Å². The fourth-order valence-electron chi connectivity index (χ4n) is 3.88. The summed E-state index contributed by atoms with van der Waals surface area (Å²) in [6.07, 6.45) is 4.06. The van der Waals surface area contributed by atoms with E-state index in [1.165, 1.54) is 37.4 Å². The van der Waals surface area contributed by atoms with Crippen molar-refractivity contribution in [3.05, 3.63) is 47.8 Å². The van der Waals surface area contributed by atoms with Gasteiger partial charge in [-0.1, -0.05) is 18.2 Å². The molecule has 8 nitrogen and oxygen atoms in total.